The van der Waals surface area contributed by atoms with Crippen LogP contribution in [0, 0.1) is 0 Å². The third kappa shape index (κ3) is 5.66. The van der Waals surface area contributed by atoms with Crippen LogP contribution in [0.4, 0.5) is 24.5 Å². The summed E-state index contributed by atoms with van der Waals surface area (Å²) in [6, 6.07) is 0.612. The highest BCUT2D eigenvalue weighted by Crippen LogP contribution is 2.37. The minimum atomic E-state index is -4.77. The van der Waals surface area contributed by atoms with Gasteiger partial charge in [0.15, 0.2) is 0 Å². The van der Waals surface area contributed by atoms with E-state index in [9.17, 15) is 26.4 Å². The highest BCUT2D eigenvalue weighted by atomic mass is 35.5. The summed E-state index contributed by atoms with van der Waals surface area (Å²) in [5.74, 6) is -0.623. The first-order chi connectivity index (χ1) is 14.9. The van der Waals surface area contributed by atoms with Crippen LogP contribution in [0.15, 0.2) is 18.3 Å². The number of rotatable bonds is 6. The van der Waals surface area contributed by atoms with Crippen LogP contribution in [0.3, 0.4) is 0 Å². The number of halogens is 5. The molecule has 1 aliphatic rings. The largest absolute Gasteiger partial charge is 0.404 e. The van der Waals surface area contributed by atoms with Crippen LogP contribution < -0.4 is 14.8 Å². The molecule has 0 aliphatic carbocycles. The van der Waals surface area contributed by atoms with E-state index in [1.165, 1.54) is 23.1 Å². The predicted octanol–water partition coefficient (Wildman–Crippen LogP) is 4.37. The van der Waals surface area contributed by atoms with E-state index in [4.69, 9.17) is 23.2 Å². The zero-order valence-electron chi connectivity index (χ0n) is 16.8. The van der Waals surface area contributed by atoms with E-state index in [0.29, 0.717) is 37.7 Å². The quantitative estimate of drug-likeness (QED) is 0.498. The number of carbonyl (C=O) groups excluding carboxylic acids is 1. The molecule has 3 rings (SSSR count). The van der Waals surface area contributed by atoms with Gasteiger partial charge in [0.05, 0.1) is 10.7 Å². The Bertz CT molecular complexity index is 1120. The van der Waals surface area contributed by atoms with Crippen molar-refractivity contribution in [2.45, 2.75) is 51.4 Å². The maximum Gasteiger partial charge on any atom is 0.404 e. The zero-order chi connectivity index (χ0) is 23.7. The van der Waals surface area contributed by atoms with Gasteiger partial charge in [-0.05, 0) is 38.3 Å². The summed E-state index contributed by atoms with van der Waals surface area (Å²) in [4.78, 5) is 16.8. The number of amides is 1. The third-order valence-electron chi connectivity index (χ3n) is 4.87. The van der Waals surface area contributed by atoms with E-state index in [0.717, 1.165) is 12.8 Å². The Morgan fingerprint density at radius 3 is 2.62 bits per heavy atom. The molecule has 3 N–H and O–H groups in total. The van der Waals surface area contributed by atoms with Crippen LogP contribution >= 0.6 is 23.2 Å². The fourth-order valence-electron chi connectivity index (χ4n) is 3.34. The Labute approximate surface area is 192 Å². The third-order valence-corrected chi connectivity index (χ3v) is 6.58. The number of anilines is 2. The van der Waals surface area contributed by atoms with Crippen molar-refractivity contribution in [1.82, 2.24) is 14.3 Å². The summed E-state index contributed by atoms with van der Waals surface area (Å²) in [6.07, 6.45) is -0.744. The summed E-state index contributed by atoms with van der Waals surface area (Å²) in [7, 11) is -4.64. The van der Waals surface area contributed by atoms with Crippen LogP contribution in [0.25, 0.3) is 0 Å². The Balaban J connectivity index is 1.97. The second kappa shape index (κ2) is 9.46. The maximum absolute atomic E-state index is 13.0. The molecule has 0 saturated carbocycles. The van der Waals surface area contributed by atoms with Gasteiger partial charge in [0.25, 0.3) is 16.1 Å². The molecule has 0 fully saturated rings. The van der Waals surface area contributed by atoms with Crippen LogP contribution in [0.1, 0.15) is 42.4 Å². The van der Waals surface area contributed by atoms with Crippen molar-refractivity contribution in [3.8, 4) is 0 Å². The van der Waals surface area contributed by atoms with Gasteiger partial charge >= 0.3 is 6.18 Å². The Morgan fingerprint density at radius 1 is 1.25 bits per heavy atom. The normalized spacial score (nSPS) is 15.6. The smallest absolute Gasteiger partial charge is 0.337 e. The van der Waals surface area contributed by atoms with Crippen molar-refractivity contribution in [3.05, 3.63) is 39.9 Å². The number of hydrogen-bond acceptors (Lipinski definition) is 4. The first kappa shape index (κ1) is 24.6. The molecule has 8 nitrogen and oxygen atoms in total. The number of fused-ring (bicyclic) bond motifs is 1. The molecule has 3 heterocycles. The van der Waals surface area contributed by atoms with Crippen molar-refractivity contribution < 1.29 is 26.4 Å². The molecule has 0 radical (unpaired) electrons. The number of alkyl halides is 3. The number of aromatic nitrogens is 2. The van der Waals surface area contributed by atoms with Gasteiger partial charge in [-0.2, -0.15) is 26.3 Å². The second-order valence-electron chi connectivity index (χ2n) is 7.25. The van der Waals surface area contributed by atoms with E-state index in [2.05, 4.69) is 15.0 Å². The lowest BCUT2D eigenvalue weighted by molar-refractivity contribution is -0.147. The average molecular weight is 514 g/mol. The molecule has 0 bridgehead atoms. The summed E-state index contributed by atoms with van der Waals surface area (Å²) in [6.45, 7) is 1.07. The van der Waals surface area contributed by atoms with Gasteiger partial charge in [-0.15, -0.1) is 0 Å². The Morgan fingerprint density at radius 2 is 1.97 bits per heavy atom. The van der Waals surface area contributed by atoms with Crippen molar-refractivity contribution in [2.24, 2.45) is 0 Å². The molecule has 0 spiro atoms. The molecule has 2 aromatic heterocycles. The van der Waals surface area contributed by atoms with Gasteiger partial charge in [0.1, 0.15) is 16.9 Å². The lowest BCUT2D eigenvalue weighted by atomic mass is 10.2. The second-order valence-corrected chi connectivity index (χ2v) is 9.47. The van der Waals surface area contributed by atoms with E-state index in [1.807, 2.05) is 0 Å². The molecule has 2 aromatic rings. The summed E-state index contributed by atoms with van der Waals surface area (Å²) < 4.78 is 68.4. The molecule has 1 atom stereocenters. The van der Waals surface area contributed by atoms with Crippen molar-refractivity contribution >= 4 is 50.7 Å². The molecule has 1 amide bonds. The van der Waals surface area contributed by atoms with Crippen LogP contribution in [-0.4, -0.2) is 36.1 Å². The van der Waals surface area contributed by atoms with Crippen molar-refractivity contribution in [1.29, 1.82) is 0 Å². The van der Waals surface area contributed by atoms with Gasteiger partial charge in [0, 0.05) is 24.1 Å². The van der Waals surface area contributed by atoms with E-state index >= 15 is 0 Å². The standard InChI is InChI=1S/C18H20Cl2F3N5O3S/c1-10(18(21,22)23)26-32(30,31)27-15-12-5-3-2-4-8-28(12)16(14(15)20)17(29)25-11-6-7-24-13(19)9-11/h6-7,9-10,26-27H,2-5,8H2,1H3,(H,24,25,29). The molecule has 176 valence electrons. The number of carbonyl (C=O) groups is 1. The van der Waals surface area contributed by atoms with E-state index < -0.39 is 28.3 Å². The minimum absolute atomic E-state index is 0.00179. The summed E-state index contributed by atoms with van der Waals surface area (Å²) in [5, 5.41) is 2.58. The molecule has 32 heavy (non-hydrogen) atoms. The van der Waals surface area contributed by atoms with Gasteiger partial charge in [-0.1, -0.05) is 29.6 Å². The van der Waals surface area contributed by atoms with E-state index in [1.54, 1.807) is 4.57 Å². The molecule has 0 saturated heterocycles. The minimum Gasteiger partial charge on any atom is -0.337 e. The van der Waals surface area contributed by atoms with Crippen molar-refractivity contribution in [3.63, 3.8) is 0 Å². The van der Waals surface area contributed by atoms with Crippen molar-refractivity contribution in [2.75, 3.05) is 10.0 Å². The Kier molecular flexibility index (Phi) is 7.28. The molecular formula is C18H20Cl2F3N5O3S. The summed E-state index contributed by atoms with van der Waals surface area (Å²) in [5.41, 5.74) is 0.653. The molecule has 0 aromatic carbocycles. The SMILES string of the molecule is CC(NS(=O)(=O)Nc1c(Cl)c(C(=O)Nc2ccnc(Cl)c2)n2c1CCCCC2)C(F)(F)F. The topological polar surface area (TPSA) is 105 Å². The average Bonchev–Trinajstić information content (AvgIpc) is 2.82. The number of nitrogens with one attached hydrogen (secondary N) is 3. The highest BCUT2D eigenvalue weighted by molar-refractivity contribution is 7.90. The zero-order valence-corrected chi connectivity index (χ0v) is 19.1. The van der Waals surface area contributed by atoms with Crippen LogP contribution in [0.5, 0.6) is 0 Å². The predicted molar refractivity (Wildman–Crippen MR) is 115 cm³/mol. The van der Waals surface area contributed by atoms with Crippen LogP contribution in [0.2, 0.25) is 10.2 Å². The fraction of sp³-hybridized carbons (Fsp3) is 0.444. The van der Waals surface area contributed by atoms with Gasteiger partial charge < -0.3 is 9.88 Å². The lowest BCUT2D eigenvalue weighted by Gasteiger charge is -2.18. The Hall–Kier alpha value is -2.02. The highest BCUT2D eigenvalue weighted by Gasteiger charge is 2.39. The van der Waals surface area contributed by atoms with E-state index in [-0.39, 0.29) is 21.6 Å². The van der Waals surface area contributed by atoms with Gasteiger partial charge in [-0.3, -0.25) is 9.52 Å². The number of nitrogens with zero attached hydrogens (tertiary/aromatic N) is 2. The molecule has 14 heteroatoms. The lowest BCUT2D eigenvalue weighted by Crippen LogP contribution is -2.45. The maximum atomic E-state index is 13.0. The monoisotopic (exact) mass is 513 g/mol. The summed E-state index contributed by atoms with van der Waals surface area (Å²) >= 11 is 12.2. The first-order valence-corrected chi connectivity index (χ1v) is 11.8. The first-order valence-electron chi connectivity index (χ1n) is 9.59. The fourth-order valence-corrected chi connectivity index (χ4v) is 5.06. The molecular weight excluding hydrogens is 494 g/mol. The molecule has 1 unspecified atom stereocenters. The number of pyridine rings is 1. The van der Waals surface area contributed by atoms with Crippen LogP contribution in [-0.2, 0) is 23.2 Å². The van der Waals surface area contributed by atoms with Gasteiger partial charge in [0.2, 0.25) is 0 Å². The number of hydrogen-bond donors (Lipinski definition) is 3. The molecule has 1 aliphatic heterocycles. The van der Waals surface area contributed by atoms with Gasteiger partial charge in [-0.25, -0.2) is 4.98 Å².